The summed E-state index contributed by atoms with van der Waals surface area (Å²) in [4.78, 5) is 25.9. The lowest BCUT2D eigenvalue weighted by Gasteiger charge is -2.47. The first-order valence-electron chi connectivity index (χ1n) is 14.7. The van der Waals surface area contributed by atoms with E-state index in [0.29, 0.717) is 17.6 Å². The summed E-state index contributed by atoms with van der Waals surface area (Å²) in [6, 6.07) is 0. The number of unbranched alkanes of at least 4 members (excludes halogenated alkanes) is 8. The standard InChI is InChI=1S/C31H48O6/c1-5-6-7-8-9-10-11-12-13-14-25(33)37-23-18-30(35)22(26-27(23)29(26,3)4)16-21(19-32)17-31(36)24(30)15-20(2)28(31)34/h15-16,22-24,26-27,32,35-36H,5-14,17-19H2,1-4H3/t22-,23+,24-,26-,27+,30+,31+/m0/s1. The Labute approximate surface area is 222 Å². The average Bonchev–Trinajstić information content (AvgIpc) is 3.37. The average molecular weight is 517 g/mol. The molecule has 6 nitrogen and oxygen atoms in total. The van der Waals surface area contributed by atoms with Crippen LogP contribution >= 0.6 is 0 Å². The number of Topliss-reactive ketones (excluding diaryl/α,β-unsaturated/α-hetero) is 1. The third kappa shape index (κ3) is 5.23. The van der Waals surface area contributed by atoms with Gasteiger partial charge in [0.15, 0.2) is 5.78 Å². The molecule has 0 aromatic heterocycles. The fourth-order valence-electron chi connectivity index (χ4n) is 7.98. The Bertz CT molecular complexity index is 934. The fraction of sp³-hybridized carbons (Fsp3) is 0.806. The molecule has 4 aliphatic rings. The van der Waals surface area contributed by atoms with Crippen LogP contribution < -0.4 is 0 Å². The predicted molar refractivity (Wildman–Crippen MR) is 143 cm³/mol. The van der Waals surface area contributed by atoms with Gasteiger partial charge in [0.25, 0.3) is 0 Å². The van der Waals surface area contributed by atoms with E-state index in [1.54, 1.807) is 13.0 Å². The summed E-state index contributed by atoms with van der Waals surface area (Å²) < 4.78 is 6.04. The largest absolute Gasteiger partial charge is 0.462 e. The Kier molecular flexibility index (Phi) is 8.43. The number of carbonyl (C=O) groups is 2. The molecule has 37 heavy (non-hydrogen) atoms. The van der Waals surface area contributed by atoms with Crippen LogP contribution in [0.2, 0.25) is 0 Å². The molecule has 0 heterocycles. The zero-order chi connectivity index (χ0) is 27.0. The van der Waals surface area contributed by atoms with E-state index in [4.69, 9.17) is 4.74 Å². The molecule has 0 spiro atoms. The molecule has 3 N–H and O–H groups in total. The first kappa shape index (κ1) is 28.5. The molecule has 0 aromatic carbocycles. The number of aliphatic hydroxyl groups excluding tert-OH is 1. The number of rotatable bonds is 12. The first-order valence-corrected chi connectivity index (χ1v) is 14.7. The van der Waals surface area contributed by atoms with Crippen LogP contribution in [0, 0.1) is 29.1 Å². The van der Waals surface area contributed by atoms with Crippen molar-refractivity contribution in [1.29, 1.82) is 0 Å². The molecular formula is C31H48O6. The van der Waals surface area contributed by atoms with E-state index >= 15 is 0 Å². The summed E-state index contributed by atoms with van der Waals surface area (Å²) in [6.45, 7) is 7.91. The lowest BCUT2D eigenvalue weighted by molar-refractivity contribution is -0.176. The maximum Gasteiger partial charge on any atom is 0.306 e. The van der Waals surface area contributed by atoms with Crippen LogP contribution in [0.4, 0.5) is 0 Å². The summed E-state index contributed by atoms with van der Waals surface area (Å²) in [5, 5.41) is 33.8. The van der Waals surface area contributed by atoms with Crippen molar-refractivity contribution in [3.05, 3.63) is 23.3 Å². The van der Waals surface area contributed by atoms with E-state index in [9.17, 15) is 24.9 Å². The van der Waals surface area contributed by atoms with Crippen molar-refractivity contribution in [1.82, 2.24) is 0 Å². The van der Waals surface area contributed by atoms with E-state index in [1.807, 2.05) is 6.08 Å². The molecule has 2 fully saturated rings. The minimum Gasteiger partial charge on any atom is -0.462 e. The Morgan fingerprint density at radius 1 is 1.00 bits per heavy atom. The van der Waals surface area contributed by atoms with Crippen LogP contribution in [0.15, 0.2) is 23.3 Å². The van der Waals surface area contributed by atoms with Gasteiger partial charge in [-0.25, -0.2) is 0 Å². The molecule has 0 bridgehead atoms. The molecule has 4 rings (SSSR count). The number of ketones is 1. The van der Waals surface area contributed by atoms with Gasteiger partial charge in [0.2, 0.25) is 0 Å². The molecule has 0 unspecified atom stereocenters. The molecule has 0 amide bonds. The van der Waals surface area contributed by atoms with Gasteiger partial charge in [0.1, 0.15) is 11.7 Å². The van der Waals surface area contributed by atoms with E-state index in [-0.39, 0.29) is 54.4 Å². The number of fused-ring (bicyclic) bond motifs is 5. The number of hydrogen-bond donors (Lipinski definition) is 3. The van der Waals surface area contributed by atoms with E-state index < -0.39 is 23.2 Å². The highest BCUT2D eigenvalue weighted by Crippen LogP contribution is 2.72. The molecular weight excluding hydrogens is 468 g/mol. The van der Waals surface area contributed by atoms with Crippen molar-refractivity contribution in [2.45, 2.75) is 122 Å². The normalized spacial score (nSPS) is 37.6. The molecule has 0 saturated heterocycles. The molecule has 4 aliphatic carbocycles. The molecule has 2 saturated carbocycles. The molecule has 0 radical (unpaired) electrons. The van der Waals surface area contributed by atoms with Crippen LogP contribution in [0.5, 0.6) is 0 Å². The lowest BCUT2D eigenvalue weighted by atomic mass is 9.64. The first-order chi connectivity index (χ1) is 17.5. The van der Waals surface area contributed by atoms with Gasteiger partial charge in [0.05, 0.1) is 12.2 Å². The van der Waals surface area contributed by atoms with Gasteiger partial charge in [-0.2, -0.15) is 0 Å². The SMILES string of the molecule is CCCCCCCCCCCC(=O)O[C@@H]1C[C@@]2(O)[C@@H](C=C(CO)C[C@]3(O)C(=O)C(C)=C[C@@H]23)[C@H]2[C@@H]1C2(C)C. The lowest BCUT2D eigenvalue weighted by Crippen LogP contribution is -2.58. The fourth-order valence-corrected chi connectivity index (χ4v) is 7.98. The van der Waals surface area contributed by atoms with Crippen molar-refractivity contribution in [3.63, 3.8) is 0 Å². The highest BCUT2D eigenvalue weighted by Gasteiger charge is 2.75. The van der Waals surface area contributed by atoms with Crippen molar-refractivity contribution >= 4 is 11.8 Å². The van der Waals surface area contributed by atoms with E-state index in [0.717, 1.165) is 19.3 Å². The third-order valence-corrected chi connectivity index (χ3v) is 9.99. The van der Waals surface area contributed by atoms with Crippen molar-refractivity contribution < 1.29 is 29.6 Å². The summed E-state index contributed by atoms with van der Waals surface area (Å²) >= 11 is 0. The quantitative estimate of drug-likeness (QED) is 0.191. The van der Waals surface area contributed by atoms with E-state index in [2.05, 4.69) is 20.8 Å². The van der Waals surface area contributed by atoms with Gasteiger partial charge in [-0.1, -0.05) is 84.3 Å². The van der Waals surface area contributed by atoms with Crippen molar-refractivity contribution in [2.24, 2.45) is 29.1 Å². The van der Waals surface area contributed by atoms with Gasteiger partial charge < -0.3 is 20.1 Å². The maximum atomic E-state index is 13.0. The van der Waals surface area contributed by atoms with Crippen LogP contribution in [-0.4, -0.2) is 51.0 Å². The Balaban J connectivity index is 1.41. The zero-order valence-electron chi connectivity index (χ0n) is 23.3. The van der Waals surface area contributed by atoms with Crippen molar-refractivity contribution in [2.75, 3.05) is 6.61 Å². The van der Waals surface area contributed by atoms with Gasteiger partial charge in [-0.05, 0) is 35.8 Å². The molecule has 0 aliphatic heterocycles. The number of esters is 1. The molecule has 0 aromatic rings. The second-order valence-electron chi connectivity index (χ2n) is 12.9. The summed E-state index contributed by atoms with van der Waals surface area (Å²) in [6.07, 6.45) is 14.4. The summed E-state index contributed by atoms with van der Waals surface area (Å²) in [7, 11) is 0. The van der Waals surface area contributed by atoms with Gasteiger partial charge in [-0.15, -0.1) is 0 Å². The smallest absolute Gasteiger partial charge is 0.306 e. The minimum absolute atomic E-state index is 0.0144. The van der Waals surface area contributed by atoms with Crippen LogP contribution in [0.25, 0.3) is 0 Å². The van der Waals surface area contributed by atoms with Gasteiger partial charge in [-0.3, -0.25) is 9.59 Å². The van der Waals surface area contributed by atoms with Gasteiger partial charge in [0, 0.05) is 37.0 Å². The summed E-state index contributed by atoms with van der Waals surface area (Å²) in [5.74, 6) is -1.58. The van der Waals surface area contributed by atoms with Gasteiger partial charge >= 0.3 is 5.97 Å². The number of ether oxygens (including phenoxy) is 1. The number of aliphatic hydroxyl groups is 3. The maximum absolute atomic E-state index is 13.0. The highest BCUT2D eigenvalue weighted by atomic mass is 16.5. The second kappa shape index (κ2) is 10.9. The zero-order valence-corrected chi connectivity index (χ0v) is 23.3. The van der Waals surface area contributed by atoms with Crippen LogP contribution in [0.3, 0.4) is 0 Å². The topological polar surface area (TPSA) is 104 Å². The molecule has 7 atom stereocenters. The third-order valence-electron chi connectivity index (χ3n) is 9.99. The Hall–Kier alpha value is -1.50. The van der Waals surface area contributed by atoms with Crippen LogP contribution in [-0.2, 0) is 14.3 Å². The van der Waals surface area contributed by atoms with Crippen LogP contribution in [0.1, 0.15) is 105 Å². The number of carbonyl (C=O) groups excluding carboxylic acids is 2. The summed E-state index contributed by atoms with van der Waals surface area (Å²) in [5.41, 5.74) is -2.34. The molecule has 6 heteroatoms. The number of hydrogen-bond acceptors (Lipinski definition) is 6. The highest BCUT2D eigenvalue weighted by molar-refractivity contribution is 6.04. The minimum atomic E-state index is -1.78. The second-order valence-corrected chi connectivity index (χ2v) is 12.9. The Morgan fingerprint density at radius 3 is 2.24 bits per heavy atom. The van der Waals surface area contributed by atoms with Crippen molar-refractivity contribution in [3.8, 4) is 0 Å². The molecule has 208 valence electrons. The Morgan fingerprint density at radius 2 is 1.62 bits per heavy atom. The monoisotopic (exact) mass is 516 g/mol. The predicted octanol–water partition coefficient (Wildman–Crippen LogP) is 5.04. The van der Waals surface area contributed by atoms with E-state index in [1.165, 1.54) is 38.5 Å².